The van der Waals surface area contributed by atoms with Crippen molar-refractivity contribution in [2.24, 2.45) is 0 Å². The van der Waals surface area contributed by atoms with Crippen molar-refractivity contribution in [2.45, 2.75) is 0 Å². The fourth-order valence-electron chi connectivity index (χ4n) is 3.61. The molecule has 0 spiro atoms. The Bertz CT molecular complexity index is 1130. The van der Waals surface area contributed by atoms with Gasteiger partial charge in [-0.2, -0.15) is 11.3 Å². The van der Waals surface area contributed by atoms with Gasteiger partial charge < -0.3 is 20.4 Å². The number of thiophene rings is 1. The third kappa shape index (κ3) is 5.71. The number of benzene rings is 2. The van der Waals surface area contributed by atoms with E-state index in [0.29, 0.717) is 48.0 Å². The van der Waals surface area contributed by atoms with Gasteiger partial charge in [0.2, 0.25) is 5.91 Å². The normalized spacial score (nSPS) is 13.5. The summed E-state index contributed by atoms with van der Waals surface area (Å²) in [5.41, 5.74) is 2.31. The number of hydrogen-bond donors (Lipinski definition) is 2. The van der Waals surface area contributed by atoms with Crippen LogP contribution in [0.5, 0.6) is 0 Å². The molecule has 7 nitrogen and oxygen atoms in total. The van der Waals surface area contributed by atoms with Crippen molar-refractivity contribution in [2.75, 3.05) is 42.9 Å². The van der Waals surface area contributed by atoms with Crippen LogP contribution in [0.1, 0.15) is 20.7 Å². The van der Waals surface area contributed by atoms with E-state index in [4.69, 9.17) is 11.6 Å². The lowest BCUT2D eigenvalue weighted by Crippen LogP contribution is -2.51. The molecule has 2 heterocycles. The highest BCUT2D eigenvalue weighted by molar-refractivity contribution is 7.08. The molecular formula is C24H23ClN4O3S. The molecule has 2 aromatic carbocycles. The minimum absolute atomic E-state index is 0.105. The number of hydrogen-bond acceptors (Lipinski definition) is 5. The van der Waals surface area contributed by atoms with Gasteiger partial charge in [0, 0.05) is 42.3 Å². The van der Waals surface area contributed by atoms with E-state index in [-0.39, 0.29) is 18.4 Å². The van der Waals surface area contributed by atoms with Gasteiger partial charge >= 0.3 is 0 Å². The lowest BCUT2D eigenvalue weighted by molar-refractivity contribution is -0.130. The molecule has 1 fully saturated rings. The van der Waals surface area contributed by atoms with Gasteiger partial charge in [-0.15, -0.1) is 0 Å². The van der Waals surface area contributed by atoms with Gasteiger partial charge in [0.15, 0.2) is 0 Å². The van der Waals surface area contributed by atoms with Crippen molar-refractivity contribution in [3.63, 3.8) is 0 Å². The number of halogens is 1. The van der Waals surface area contributed by atoms with Gasteiger partial charge in [-0.3, -0.25) is 14.4 Å². The maximum absolute atomic E-state index is 12.7. The molecule has 0 bridgehead atoms. The van der Waals surface area contributed by atoms with Crippen LogP contribution in [0.3, 0.4) is 0 Å². The number of anilines is 2. The molecule has 0 saturated carbocycles. The van der Waals surface area contributed by atoms with E-state index >= 15 is 0 Å². The van der Waals surface area contributed by atoms with E-state index in [1.165, 1.54) is 11.3 Å². The second-order valence-corrected chi connectivity index (χ2v) is 8.76. The molecule has 3 aromatic rings. The minimum atomic E-state index is -0.413. The Morgan fingerprint density at radius 2 is 1.64 bits per heavy atom. The number of para-hydroxylation sites is 1. The average molecular weight is 483 g/mol. The van der Waals surface area contributed by atoms with Crippen molar-refractivity contribution in [1.29, 1.82) is 0 Å². The summed E-state index contributed by atoms with van der Waals surface area (Å²) in [6.07, 6.45) is 0. The van der Waals surface area contributed by atoms with Gasteiger partial charge in [-0.05, 0) is 47.8 Å². The fraction of sp³-hybridized carbons (Fsp3) is 0.208. The lowest BCUT2D eigenvalue weighted by Gasteiger charge is -2.36. The van der Waals surface area contributed by atoms with Crippen LogP contribution in [0.2, 0.25) is 5.02 Å². The molecule has 0 radical (unpaired) electrons. The summed E-state index contributed by atoms with van der Waals surface area (Å²) in [5.74, 6) is -0.839. The third-order valence-corrected chi connectivity index (χ3v) is 6.36. The molecule has 33 heavy (non-hydrogen) atoms. The number of carbonyl (C=O) groups is 3. The Morgan fingerprint density at radius 1 is 0.909 bits per heavy atom. The summed E-state index contributed by atoms with van der Waals surface area (Å²) in [7, 11) is 0. The van der Waals surface area contributed by atoms with Crippen LogP contribution < -0.4 is 15.5 Å². The second kappa shape index (κ2) is 10.5. The predicted molar refractivity (Wildman–Crippen MR) is 131 cm³/mol. The zero-order valence-electron chi connectivity index (χ0n) is 17.8. The van der Waals surface area contributed by atoms with Crippen molar-refractivity contribution in [3.8, 4) is 0 Å². The molecule has 0 aliphatic carbocycles. The highest BCUT2D eigenvalue weighted by atomic mass is 35.5. The Hall–Kier alpha value is -3.36. The predicted octanol–water partition coefficient (Wildman–Crippen LogP) is 3.73. The molecule has 4 rings (SSSR count). The molecule has 1 saturated heterocycles. The van der Waals surface area contributed by atoms with Gasteiger partial charge in [0.05, 0.1) is 23.4 Å². The smallest absolute Gasteiger partial charge is 0.256 e. The van der Waals surface area contributed by atoms with Crippen molar-refractivity contribution in [3.05, 3.63) is 81.5 Å². The average Bonchev–Trinajstić information content (AvgIpc) is 3.39. The van der Waals surface area contributed by atoms with E-state index < -0.39 is 5.91 Å². The number of nitrogens with zero attached hydrogens (tertiary/aromatic N) is 2. The fourth-order valence-corrected chi connectivity index (χ4v) is 4.37. The summed E-state index contributed by atoms with van der Waals surface area (Å²) >= 11 is 7.37. The topological polar surface area (TPSA) is 81.8 Å². The highest BCUT2D eigenvalue weighted by Gasteiger charge is 2.22. The maximum atomic E-state index is 12.7. The van der Waals surface area contributed by atoms with E-state index in [2.05, 4.69) is 15.5 Å². The van der Waals surface area contributed by atoms with Crippen LogP contribution >= 0.6 is 22.9 Å². The summed E-state index contributed by atoms with van der Waals surface area (Å²) in [4.78, 5) is 41.7. The van der Waals surface area contributed by atoms with Crippen LogP contribution in [-0.4, -0.2) is 55.3 Å². The first-order chi connectivity index (χ1) is 16.0. The molecule has 2 N–H and O–H groups in total. The molecule has 0 unspecified atom stereocenters. The Balaban J connectivity index is 1.30. The van der Waals surface area contributed by atoms with Gasteiger partial charge in [-0.25, -0.2) is 0 Å². The molecular weight excluding hydrogens is 460 g/mol. The van der Waals surface area contributed by atoms with E-state index in [1.54, 1.807) is 40.6 Å². The number of carbonyl (C=O) groups excluding carboxylic acids is 3. The van der Waals surface area contributed by atoms with Crippen LogP contribution in [0.25, 0.3) is 0 Å². The van der Waals surface area contributed by atoms with Gasteiger partial charge in [-0.1, -0.05) is 23.7 Å². The zero-order valence-corrected chi connectivity index (χ0v) is 19.4. The lowest BCUT2D eigenvalue weighted by atomic mass is 10.1. The summed E-state index contributed by atoms with van der Waals surface area (Å²) < 4.78 is 0. The third-order valence-electron chi connectivity index (χ3n) is 5.43. The van der Waals surface area contributed by atoms with Crippen molar-refractivity contribution in [1.82, 2.24) is 10.2 Å². The number of piperazine rings is 1. The molecule has 170 valence electrons. The number of rotatable bonds is 6. The second-order valence-electron chi connectivity index (χ2n) is 7.54. The standard InChI is InChI=1S/C24H23ClN4O3S/c25-18-5-7-19(8-6-18)28-10-12-29(13-11-28)22(30)15-26-24(32)20-3-1-2-4-21(20)27-23(31)17-9-14-33-16-17/h1-9,14,16H,10-13,15H2,(H,26,32)(H,27,31). The maximum Gasteiger partial charge on any atom is 0.256 e. The van der Waals surface area contributed by atoms with Crippen molar-refractivity contribution >= 4 is 52.0 Å². The summed E-state index contributed by atoms with van der Waals surface area (Å²) in [6.45, 7) is 2.46. The Kier molecular flexibility index (Phi) is 7.26. The number of amides is 3. The van der Waals surface area contributed by atoms with Gasteiger partial charge in [0.1, 0.15) is 0 Å². The first kappa shape index (κ1) is 22.8. The van der Waals surface area contributed by atoms with E-state index in [9.17, 15) is 14.4 Å². The van der Waals surface area contributed by atoms with Crippen LogP contribution in [0, 0.1) is 0 Å². The highest BCUT2D eigenvalue weighted by Crippen LogP contribution is 2.20. The Labute approximate surface area is 201 Å². The molecule has 1 aliphatic heterocycles. The Morgan fingerprint density at radius 3 is 2.33 bits per heavy atom. The molecule has 9 heteroatoms. The SMILES string of the molecule is O=C(Nc1ccccc1C(=O)NCC(=O)N1CCN(c2ccc(Cl)cc2)CC1)c1ccsc1. The van der Waals surface area contributed by atoms with Crippen LogP contribution in [0.4, 0.5) is 11.4 Å². The monoisotopic (exact) mass is 482 g/mol. The minimum Gasteiger partial charge on any atom is -0.368 e. The molecule has 0 atom stereocenters. The molecule has 1 aromatic heterocycles. The zero-order chi connectivity index (χ0) is 23.2. The number of nitrogens with one attached hydrogen (secondary N) is 2. The van der Waals surface area contributed by atoms with Crippen molar-refractivity contribution < 1.29 is 14.4 Å². The van der Waals surface area contributed by atoms with Crippen LogP contribution in [-0.2, 0) is 4.79 Å². The van der Waals surface area contributed by atoms with Crippen LogP contribution in [0.15, 0.2) is 65.4 Å². The quantitative estimate of drug-likeness (QED) is 0.561. The molecule has 1 aliphatic rings. The largest absolute Gasteiger partial charge is 0.368 e. The first-order valence-corrected chi connectivity index (χ1v) is 11.8. The van der Waals surface area contributed by atoms with E-state index in [1.807, 2.05) is 29.6 Å². The first-order valence-electron chi connectivity index (χ1n) is 10.5. The molecule has 3 amide bonds. The summed E-state index contributed by atoms with van der Waals surface area (Å²) in [6, 6.07) is 16.1. The summed E-state index contributed by atoms with van der Waals surface area (Å²) in [5, 5.41) is 9.70. The van der Waals surface area contributed by atoms with E-state index in [0.717, 1.165) is 5.69 Å². The van der Waals surface area contributed by atoms with Gasteiger partial charge in [0.25, 0.3) is 11.8 Å².